The molecule has 0 spiro atoms. The minimum atomic E-state index is -3.61. The summed E-state index contributed by atoms with van der Waals surface area (Å²) in [5.74, 6) is 0. The first kappa shape index (κ1) is 13.0. The van der Waals surface area contributed by atoms with E-state index in [9.17, 15) is 8.42 Å². The zero-order valence-electron chi connectivity index (χ0n) is 9.54. The SMILES string of the molecule is NS(=O)(=O)c1ccc(NCCc2cscn2)cc1. The van der Waals surface area contributed by atoms with Crippen molar-refractivity contribution in [1.29, 1.82) is 0 Å². The standard InChI is InChI=1S/C11H13N3O2S2/c12-18(15,16)11-3-1-9(2-4-11)13-6-5-10-7-17-8-14-10/h1-4,7-8,13H,5-6H2,(H2,12,15,16). The number of nitrogens with two attached hydrogens (primary N) is 1. The lowest BCUT2D eigenvalue weighted by molar-refractivity contribution is 0.598. The molecule has 5 nitrogen and oxygen atoms in total. The second-order valence-electron chi connectivity index (χ2n) is 3.73. The molecule has 0 bridgehead atoms. The van der Waals surface area contributed by atoms with Crippen LogP contribution in [0.15, 0.2) is 40.1 Å². The van der Waals surface area contributed by atoms with E-state index in [1.165, 1.54) is 12.1 Å². The van der Waals surface area contributed by atoms with Crippen LogP contribution in [-0.4, -0.2) is 19.9 Å². The highest BCUT2D eigenvalue weighted by Crippen LogP contribution is 2.12. The molecule has 0 unspecified atom stereocenters. The molecule has 2 rings (SSSR count). The van der Waals surface area contributed by atoms with Crippen LogP contribution in [0.4, 0.5) is 5.69 Å². The number of anilines is 1. The van der Waals surface area contributed by atoms with Gasteiger partial charge in [-0.25, -0.2) is 18.5 Å². The number of rotatable bonds is 5. The van der Waals surface area contributed by atoms with Crippen molar-refractivity contribution in [3.63, 3.8) is 0 Å². The van der Waals surface area contributed by atoms with E-state index in [0.717, 1.165) is 24.3 Å². The normalized spacial score (nSPS) is 11.4. The summed E-state index contributed by atoms with van der Waals surface area (Å²) < 4.78 is 22.1. The summed E-state index contributed by atoms with van der Waals surface area (Å²) in [7, 11) is -3.61. The van der Waals surface area contributed by atoms with Gasteiger partial charge in [0.05, 0.1) is 16.1 Å². The lowest BCUT2D eigenvalue weighted by Gasteiger charge is -2.05. The summed E-state index contributed by atoms with van der Waals surface area (Å²) in [5.41, 5.74) is 3.71. The van der Waals surface area contributed by atoms with Gasteiger partial charge in [-0.3, -0.25) is 0 Å². The van der Waals surface area contributed by atoms with E-state index >= 15 is 0 Å². The van der Waals surface area contributed by atoms with Crippen molar-refractivity contribution in [3.8, 4) is 0 Å². The Morgan fingerprint density at radius 2 is 2.00 bits per heavy atom. The van der Waals surface area contributed by atoms with Gasteiger partial charge in [-0.2, -0.15) is 0 Å². The minimum absolute atomic E-state index is 0.118. The van der Waals surface area contributed by atoms with E-state index in [1.807, 2.05) is 5.38 Å². The van der Waals surface area contributed by atoms with Gasteiger partial charge in [0.15, 0.2) is 0 Å². The van der Waals surface area contributed by atoms with Crippen LogP contribution < -0.4 is 10.5 Å². The molecule has 1 heterocycles. The largest absolute Gasteiger partial charge is 0.385 e. The van der Waals surface area contributed by atoms with Crippen molar-refractivity contribution >= 4 is 27.0 Å². The van der Waals surface area contributed by atoms with Gasteiger partial charge in [-0.05, 0) is 24.3 Å². The van der Waals surface area contributed by atoms with Crippen molar-refractivity contribution in [3.05, 3.63) is 40.8 Å². The van der Waals surface area contributed by atoms with Crippen LogP contribution in [0.25, 0.3) is 0 Å². The van der Waals surface area contributed by atoms with Crippen molar-refractivity contribution in [1.82, 2.24) is 4.98 Å². The van der Waals surface area contributed by atoms with Crippen LogP contribution in [0.3, 0.4) is 0 Å². The van der Waals surface area contributed by atoms with E-state index in [1.54, 1.807) is 29.0 Å². The monoisotopic (exact) mass is 283 g/mol. The Morgan fingerprint density at radius 1 is 1.28 bits per heavy atom. The molecule has 0 fully saturated rings. The fraction of sp³-hybridized carbons (Fsp3) is 0.182. The number of benzene rings is 1. The minimum Gasteiger partial charge on any atom is -0.385 e. The van der Waals surface area contributed by atoms with Crippen molar-refractivity contribution in [2.24, 2.45) is 5.14 Å². The Balaban J connectivity index is 1.91. The van der Waals surface area contributed by atoms with Crippen LogP contribution in [0, 0.1) is 0 Å². The number of sulfonamides is 1. The molecule has 0 radical (unpaired) electrons. The zero-order chi connectivity index (χ0) is 13.0. The van der Waals surface area contributed by atoms with Gasteiger partial charge < -0.3 is 5.32 Å². The van der Waals surface area contributed by atoms with Gasteiger partial charge in [0.2, 0.25) is 10.0 Å². The van der Waals surface area contributed by atoms with E-state index in [2.05, 4.69) is 10.3 Å². The zero-order valence-corrected chi connectivity index (χ0v) is 11.2. The fourth-order valence-electron chi connectivity index (χ4n) is 1.46. The molecular weight excluding hydrogens is 270 g/mol. The van der Waals surface area contributed by atoms with Crippen molar-refractivity contribution < 1.29 is 8.42 Å². The Kier molecular flexibility index (Phi) is 3.95. The maximum Gasteiger partial charge on any atom is 0.238 e. The molecule has 3 N–H and O–H groups in total. The molecule has 18 heavy (non-hydrogen) atoms. The van der Waals surface area contributed by atoms with Gasteiger partial charge in [-0.15, -0.1) is 11.3 Å². The molecule has 1 aromatic heterocycles. The third kappa shape index (κ3) is 3.52. The highest BCUT2D eigenvalue weighted by atomic mass is 32.2. The van der Waals surface area contributed by atoms with Gasteiger partial charge in [0.1, 0.15) is 0 Å². The van der Waals surface area contributed by atoms with Gasteiger partial charge in [-0.1, -0.05) is 0 Å². The van der Waals surface area contributed by atoms with Gasteiger partial charge in [0, 0.05) is 24.0 Å². The molecule has 96 valence electrons. The van der Waals surface area contributed by atoms with E-state index < -0.39 is 10.0 Å². The van der Waals surface area contributed by atoms with Crippen molar-refractivity contribution in [2.45, 2.75) is 11.3 Å². The fourth-order valence-corrected chi connectivity index (χ4v) is 2.57. The Hall–Kier alpha value is -1.44. The second kappa shape index (κ2) is 5.47. The number of nitrogens with zero attached hydrogens (tertiary/aromatic N) is 1. The number of hydrogen-bond acceptors (Lipinski definition) is 5. The predicted molar refractivity (Wildman–Crippen MR) is 72.1 cm³/mol. The van der Waals surface area contributed by atoms with Gasteiger partial charge >= 0.3 is 0 Å². The topological polar surface area (TPSA) is 85.1 Å². The molecule has 0 amide bonds. The molecule has 0 aliphatic carbocycles. The highest BCUT2D eigenvalue weighted by molar-refractivity contribution is 7.89. The summed E-state index contributed by atoms with van der Waals surface area (Å²) in [6.07, 6.45) is 0.834. The molecular formula is C11H13N3O2S2. The molecule has 0 aliphatic rings. The average molecular weight is 283 g/mol. The maximum absolute atomic E-state index is 11.1. The van der Waals surface area contributed by atoms with Gasteiger partial charge in [0.25, 0.3) is 0 Å². The van der Waals surface area contributed by atoms with Crippen LogP contribution in [0.1, 0.15) is 5.69 Å². The first-order chi connectivity index (χ1) is 8.55. The van der Waals surface area contributed by atoms with Crippen molar-refractivity contribution in [2.75, 3.05) is 11.9 Å². The lowest BCUT2D eigenvalue weighted by atomic mass is 10.3. The Labute approximate surface area is 110 Å². The van der Waals surface area contributed by atoms with E-state index in [-0.39, 0.29) is 4.90 Å². The number of nitrogens with one attached hydrogen (secondary N) is 1. The predicted octanol–water partition coefficient (Wildman–Crippen LogP) is 1.45. The molecule has 0 atom stereocenters. The maximum atomic E-state index is 11.1. The quantitative estimate of drug-likeness (QED) is 0.869. The second-order valence-corrected chi connectivity index (χ2v) is 6.01. The van der Waals surface area contributed by atoms with E-state index in [4.69, 9.17) is 5.14 Å². The molecule has 2 aromatic rings. The lowest BCUT2D eigenvalue weighted by Crippen LogP contribution is -2.12. The average Bonchev–Trinajstić information content (AvgIpc) is 2.82. The smallest absolute Gasteiger partial charge is 0.238 e. The van der Waals surface area contributed by atoms with Crippen LogP contribution in [0.5, 0.6) is 0 Å². The first-order valence-electron chi connectivity index (χ1n) is 5.29. The third-order valence-corrected chi connectivity index (χ3v) is 3.94. The third-order valence-electron chi connectivity index (χ3n) is 2.38. The Morgan fingerprint density at radius 3 is 2.56 bits per heavy atom. The molecule has 7 heteroatoms. The summed E-state index contributed by atoms with van der Waals surface area (Å²) >= 11 is 1.57. The summed E-state index contributed by atoms with van der Waals surface area (Å²) in [6.45, 7) is 0.748. The number of hydrogen-bond donors (Lipinski definition) is 2. The molecule has 0 saturated heterocycles. The van der Waals surface area contributed by atoms with Crippen LogP contribution >= 0.6 is 11.3 Å². The molecule has 0 aliphatic heterocycles. The molecule has 0 saturated carbocycles. The Bertz CT molecular complexity index is 592. The summed E-state index contributed by atoms with van der Waals surface area (Å²) in [5, 5.41) is 10.2. The summed E-state index contributed by atoms with van der Waals surface area (Å²) in [4.78, 5) is 4.29. The highest BCUT2D eigenvalue weighted by Gasteiger charge is 2.06. The number of thiazole rings is 1. The number of primary sulfonamides is 1. The summed E-state index contributed by atoms with van der Waals surface area (Å²) in [6, 6.07) is 6.36. The van der Waals surface area contributed by atoms with E-state index in [0.29, 0.717) is 0 Å². The molecule has 1 aromatic carbocycles. The number of aromatic nitrogens is 1. The van der Waals surface area contributed by atoms with Crippen LogP contribution in [0.2, 0.25) is 0 Å². The van der Waals surface area contributed by atoms with Crippen LogP contribution in [-0.2, 0) is 16.4 Å². The first-order valence-corrected chi connectivity index (χ1v) is 7.78.